The van der Waals surface area contributed by atoms with Crippen molar-refractivity contribution < 1.29 is 0 Å². The lowest BCUT2D eigenvalue weighted by molar-refractivity contribution is 0.0251. The number of rotatable bonds is 6. The van der Waals surface area contributed by atoms with Gasteiger partial charge in [-0.3, -0.25) is 16.2 Å². The van der Waals surface area contributed by atoms with Crippen LogP contribution in [0.15, 0.2) is 0 Å². The summed E-state index contributed by atoms with van der Waals surface area (Å²) in [5.41, 5.74) is 3.54. The standard InChI is InChI=1S/C17H35N3/c1-4-17(5-2,20-12-6-7-13-20)16(19-18)15-10-8-14(3)9-11-15/h14-16,19H,4-13,18H2,1-3H3. The van der Waals surface area contributed by atoms with Crippen molar-refractivity contribution in [2.45, 2.75) is 83.7 Å². The highest BCUT2D eigenvalue weighted by atomic mass is 15.3. The van der Waals surface area contributed by atoms with E-state index in [-0.39, 0.29) is 5.54 Å². The molecule has 0 aromatic rings. The molecule has 3 heteroatoms. The van der Waals surface area contributed by atoms with Gasteiger partial charge in [-0.2, -0.15) is 0 Å². The van der Waals surface area contributed by atoms with E-state index in [1.54, 1.807) is 0 Å². The maximum absolute atomic E-state index is 6.07. The summed E-state index contributed by atoms with van der Waals surface area (Å²) in [6, 6.07) is 0.461. The number of nitrogens with zero attached hydrogens (tertiary/aromatic N) is 1. The van der Waals surface area contributed by atoms with Crippen LogP contribution in [0.4, 0.5) is 0 Å². The van der Waals surface area contributed by atoms with Gasteiger partial charge in [0.15, 0.2) is 0 Å². The Morgan fingerprint density at radius 1 is 1.10 bits per heavy atom. The van der Waals surface area contributed by atoms with E-state index in [0.717, 1.165) is 11.8 Å². The lowest BCUT2D eigenvalue weighted by atomic mass is 9.70. The van der Waals surface area contributed by atoms with Crippen LogP contribution in [0.1, 0.15) is 72.1 Å². The third-order valence-corrected chi connectivity index (χ3v) is 6.25. The van der Waals surface area contributed by atoms with E-state index in [9.17, 15) is 0 Å². The minimum Gasteiger partial charge on any atom is -0.296 e. The van der Waals surface area contributed by atoms with Crippen LogP contribution in [0, 0.1) is 11.8 Å². The molecule has 2 aliphatic rings. The zero-order valence-electron chi connectivity index (χ0n) is 13.8. The maximum Gasteiger partial charge on any atom is 0.0422 e. The number of nitrogens with two attached hydrogens (primary N) is 1. The molecule has 1 unspecified atom stereocenters. The highest BCUT2D eigenvalue weighted by molar-refractivity contribution is 5.03. The molecule has 2 fully saturated rings. The number of hydrogen-bond donors (Lipinski definition) is 2. The molecular formula is C17H35N3. The highest BCUT2D eigenvalue weighted by Crippen LogP contribution is 2.40. The fraction of sp³-hybridized carbons (Fsp3) is 1.00. The maximum atomic E-state index is 6.07. The van der Waals surface area contributed by atoms with E-state index in [1.807, 2.05) is 0 Å². The van der Waals surface area contributed by atoms with E-state index < -0.39 is 0 Å². The predicted octanol–water partition coefficient (Wildman–Crippen LogP) is 3.30. The van der Waals surface area contributed by atoms with Crippen molar-refractivity contribution in [3.8, 4) is 0 Å². The molecule has 1 saturated heterocycles. The first-order chi connectivity index (χ1) is 9.67. The third-order valence-electron chi connectivity index (χ3n) is 6.25. The summed E-state index contributed by atoms with van der Waals surface area (Å²) < 4.78 is 0. The average molecular weight is 281 g/mol. The van der Waals surface area contributed by atoms with Crippen LogP contribution < -0.4 is 11.3 Å². The van der Waals surface area contributed by atoms with Crippen LogP contribution in [0.25, 0.3) is 0 Å². The highest BCUT2D eigenvalue weighted by Gasteiger charge is 2.45. The van der Waals surface area contributed by atoms with Gasteiger partial charge in [-0.15, -0.1) is 0 Å². The Morgan fingerprint density at radius 3 is 2.10 bits per heavy atom. The van der Waals surface area contributed by atoms with Crippen molar-refractivity contribution in [3.05, 3.63) is 0 Å². The predicted molar refractivity (Wildman–Crippen MR) is 86.4 cm³/mol. The van der Waals surface area contributed by atoms with Crippen molar-refractivity contribution in [2.24, 2.45) is 17.7 Å². The van der Waals surface area contributed by atoms with Gasteiger partial charge in [0, 0.05) is 11.6 Å². The monoisotopic (exact) mass is 281 g/mol. The van der Waals surface area contributed by atoms with Crippen molar-refractivity contribution in [1.82, 2.24) is 10.3 Å². The lowest BCUT2D eigenvalue weighted by Crippen LogP contribution is -2.64. The van der Waals surface area contributed by atoms with Gasteiger partial charge in [0.05, 0.1) is 0 Å². The summed E-state index contributed by atoms with van der Waals surface area (Å²) >= 11 is 0. The average Bonchev–Trinajstić information content (AvgIpc) is 3.01. The van der Waals surface area contributed by atoms with Gasteiger partial charge in [0.25, 0.3) is 0 Å². The molecule has 3 nitrogen and oxygen atoms in total. The SMILES string of the molecule is CCC(CC)(C(NN)C1CCC(C)CC1)N1CCCC1. The van der Waals surface area contributed by atoms with Crippen molar-refractivity contribution in [2.75, 3.05) is 13.1 Å². The summed E-state index contributed by atoms with van der Waals surface area (Å²) in [4.78, 5) is 2.75. The fourth-order valence-electron chi connectivity index (χ4n) is 4.85. The molecule has 0 radical (unpaired) electrons. The molecule has 0 aromatic heterocycles. The summed E-state index contributed by atoms with van der Waals surface area (Å²) in [7, 11) is 0. The van der Waals surface area contributed by atoms with E-state index in [0.29, 0.717) is 6.04 Å². The van der Waals surface area contributed by atoms with Gasteiger partial charge in [-0.1, -0.05) is 33.6 Å². The molecule has 0 aromatic carbocycles. The van der Waals surface area contributed by atoms with E-state index in [2.05, 4.69) is 31.1 Å². The molecule has 0 amide bonds. The van der Waals surface area contributed by atoms with Gasteiger partial charge in [-0.25, -0.2) is 0 Å². The number of likely N-dealkylation sites (tertiary alicyclic amines) is 1. The Morgan fingerprint density at radius 2 is 1.65 bits per heavy atom. The third kappa shape index (κ3) is 3.05. The van der Waals surface area contributed by atoms with E-state index in [4.69, 9.17) is 5.84 Å². The first-order valence-electron chi connectivity index (χ1n) is 8.89. The van der Waals surface area contributed by atoms with Crippen LogP contribution in [-0.4, -0.2) is 29.6 Å². The summed E-state index contributed by atoms with van der Waals surface area (Å²) in [5, 5.41) is 0. The smallest absolute Gasteiger partial charge is 0.0422 e. The molecule has 118 valence electrons. The van der Waals surface area contributed by atoms with Gasteiger partial charge in [-0.05, 0) is 63.5 Å². The zero-order valence-corrected chi connectivity index (χ0v) is 13.8. The second-order valence-corrected chi connectivity index (χ2v) is 7.17. The normalized spacial score (nSPS) is 30.6. The topological polar surface area (TPSA) is 41.3 Å². The van der Waals surface area contributed by atoms with Gasteiger partial charge in [0.2, 0.25) is 0 Å². The molecule has 0 bridgehead atoms. The van der Waals surface area contributed by atoms with Gasteiger partial charge in [0.1, 0.15) is 0 Å². The second kappa shape index (κ2) is 7.24. The lowest BCUT2D eigenvalue weighted by Gasteiger charge is -2.50. The molecule has 2 rings (SSSR count). The first kappa shape index (κ1) is 16.3. The van der Waals surface area contributed by atoms with E-state index >= 15 is 0 Å². The minimum absolute atomic E-state index is 0.274. The quantitative estimate of drug-likeness (QED) is 0.580. The van der Waals surface area contributed by atoms with Crippen molar-refractivity contribution in [3.63, 3.8) is 0 Å². The molecule has 0 spiro atoms. The summed E-state index contributed by atoms with van der Waals surface area (Å²) in [6.45, 7) is 9.65. The molecule has 1 aliphatic heterocycles. The van der Waals surface area contributed by atoms with Crippen LogP contribution >= 0.6 is 0 Å². The molecular weight excluding hydrogens is 246 g/mol. The molecule has 3 N–H and O–H groups in total. The molecule has 1 saturated carbocycles. The summed E-state index contributed by atoms with van der Waals surface area (Å²) in [5.74, 6) is 7.74. The zero-order chi connectivity index (χ0) is 14.6. The largest absolute Gasteiger partial charge is 0.296 e. The Kier molecular flexibility index (Phi) is 5.88. The van der Waals surface area contributed by atoms with E-state index in [1.165, 1.54) is 64.5 Å². The van der Waals surface area contributed by atoms with Crippen molar-refractivity contribution in [1.29, 1.82) is 0 Å². The van der Waals surface area contributed by atoms with Gasteiger partial charge < -0.3 is 0 Å². The molecule has 1 aliphatic carbocycles. The Labute approximate surface area is 125 Å². The Hall–Kier alpha value is -0.120. The summed E-state index contributed by atoms with van der Waals surface area (Å²) in [6.07, 6.45) is 10.6. The molecule has 20 heavy (non-hydrogen) atoms. The number of nitrogens with one attached hydrogen (secondary N) is 1. The van der Waals surface area contributed by atoms with Gasteiger partial charge >= 0.3 is 0 Å². The Balaban J connectivity index is 2.15. The molecule has 1 atom stereocenters. The number of hydrogen-bond acceptors (Lipinski definition) is 3. The fourth-order valence-corrected chi connectivity index (χ4v) is 4.85. The second-order valence-electron chi connectivity index (χ2n) is 7.17. The first-order valence-corrected chi connectivity index (χ1v) is 8.89. The van der Waals surface area contributed by atoms with Crippen LogP contribution in [0.5, 0.6) is 0 Å². The van der Waals surface area contributed by atoms with Crippen LogP contribution in [0.2, 0.25) is 0 Å². The minimum atomic E-state index is 0.274. The van der Waals surface area contributed by atoms with Crippen LogP contribution in [-0.2, 0) is 0 Å². The van der Waals surface area contributed by atoms with Crippen LogP contribution in [0.3, 0.4) is 0 Å². The Bertz CT molecular complexity index is 274. The molecule has 1 heterocycles. The number of hydrazine groups is 1. The van der Waals surface area contributed by atoms with Crippen molar-refractivity contribution >= 4 is 0 Å².